The van der Waals surface area contributed by atoms with E-state index in [2.05, 4.69) is 93.5 Å². The van der Waals surface area contributed by atoms with E-state index in [1.54, 1.807) is 61.6 Å². The smallest absolute Gasteiger partial charge is 0.263 e. The molecule has 6 heterocycles. The summed E-state index contributed by atoms with van der Waals surface area (Å²) in [6.07, 6.45) is 29.2. The van der Waals surface area contributed by atoms with Crippen molar-refractivity contribution >= 4 is 81.1 Å². The molecule has 0 bridgehead atoms. The van der Waals surface area contributed by atoms with Gasteiger partial charge in [0.25, 0.3) is 11.8 Å². The van der Waals surface area contributed by atoms with Gasteiger partial charge < -0.3 is 0 Å². The second-order valence-electron chi connectivity index (χ2n) is 23.5. The highest BCUT2D eigenvalue weighted by Gasteiger charge is 2.52. The number of carbonyl (C=O) groups is 4. The van der Waals surface area contributed by atoms with Crippen molar-refractivity contribution in [3.8, 4) is 39.0 Å². The fourth-order valence-electron chi connectivity index (χ4n) is 14.0. The summed E-state index contributed by atoms with van der Waals surface area (Å²) in [5.74, 6) is 2.17. The van der Waals surface area contributed by atoms with E-state index in [0.717, 1.165) is 119 Å². The number of hydrogen-bond donors (Lipinski definition) is 0. The van der Waals surface area contributed by atoms with E-state index in [4.69, 9.17) is 0 Å². The van der Waals surface area contributed by atoms with Crippen LogP contribution in [0.25, 0.3) is 39.0 Å². The maximum Gasteiger partial charge on any atom is 0.263 e. The maximum atomic E-state index is 15.5. The average molecular weight is 1120 g/mol. The number of aldehydes is 2. The van der Waals surface area contributed by atoms with Crippen LogP contribution in [-0.2, 0) is 10.8 Å². The van der Waals surface area contributed by atoms with Gasteiger partial charge in [0, 0.05) is 46.6 Å². The van der Waals surface area contributed by atoms with Crippen LogP contribution >= 0.6 is 56.7 Å². The van der Waals surface area contributed by atoms with Gasteiger partial charge >= 0.3 is 0 Å². The van der Waals surface area contributed by atoms with Gasteiger partial charge in [0.1, 0.15) is 0 Å². The Labute approximate surface area is 478 Å². The van der Waals surface area contributed by atoms with Crippen molar-refractivity contribution in [2.75, 3.05) is 6.54 Å². The number of nitrogens with zero attached hydrogens (tertiary/aromatic N) is 1. The third-order valence-electron chi connectivity index (χ3n) is 18.7. The van der Waals surface area contributed by atoms with Gasteiger partial charge in [0.2, 0.25) is 0 Å². The van der Waals surface area contributed by atoms with Crippen molar-refractivity contribution in [2.24, 2.45) is 29.6 Å². The van der Waals surface area contributed by atoms with E-state index in [1.807, 2.05) is 0 Å². The molecule has 10 heteroatoms. The fraction of sp³-hybridized carbons (Fsp3) is 0.636. The molecule has 3 aliphatic rings. The number of fused-ring (bicyclic) bond motifs is 7. The van der Waals surface area contributed by atoms with Crippen LogP contribution in [0.2, 0.25) is 0 Å². The van der Waals surface area contributed by atoms with Crippen molar-refractivity contribution in [3.63, 3.8) is 0 Å². The van der Waals surface area contributed by atoms with Gasteiger partial charge in [-0.15, -0.1) is 56.7 Å². The Balaban J connectivity index is 1.35. The monoisotopic (exact) mass is 1120 g/mol. The minimum Gasteiger partial charge on any atom is -0.297 e. The van der Waals surface area contributed by atoms with Crippen LogP contribution in [0.4, 0.5) is 0 Å². The van der Waals surface area contributed by atoms with Gasteiger partial charge in [-0.25, -0.2) is 0 Å². The van der Waals surface area contributed by atoms with E-state index in [-0.39, 0.29) is 28.6 Å². The Morgan fingerprint density at radius 1 is 0.408 bits per heavy atom. The van der Waals surface area contributed by atoms with Crippen molar-refractivity contribution < 1.29 is 19.2 Å². The summed E-state index contributed by atoms with van der Waals surface area (Å²) in [6, 6.07) is 9.43. The number of amides is 2. The first-order valence-electron chi connectivity index (χ1n) is 30.4. The summed E-state index contributed by atoms with van der Waals surface area (Å²) >= 11 is 8.59. The first kappa shape index (κ1) is 59.1. The minimum atomic E-state index is -0.236. The van der Waals surface area contributed by atoms with Crippen LogP contribution in [0.3, 0.4) is 0 Å². The Bertz CT molecular complexity index is 2560. The molecule has 0 fully saturated rings. The second-order valence-corrected chi connectivity index (χ2v) is 28.8. The Hall–Kier alpha value is -3.02. The van der Waals surface area contributed by atoms with Gasteiger partial charge in [-0.2, -0.15) is 0 Å². The zero-order valence-corrected chi connectivity index (χ0v) is 52.2. The Morgan fingerprint density at radius 2 is 0.711 bits per heavy atom. The molecule has 8 rings (SSSR count). The lowest BCUT2D eigenvalue weighted by Crippen LogP contribution is -2.34. The summed E-state index contributed by atoms with van der Waals surface area (Å²) in [5, 5.41) is 0. The summed E-state index contributed by atoms with van der Waals surface area (Å²) < 4.78 is 0. The molecular formula is C66H91NO4S5. The summed E-state index contributed by atoms with van der Waals surface area (Å²) in [4.78, 5) is 68.7. The molecule has 5 nitrogen and oxygen atoms in total. The molecule has 2 aliphatic carbocycles. The van der Waals surface area contributed by atoms with Gasteiger partial charge in [-0.1, -0.05) is 191 Å². The van der Waals surface area contributed by atoms with Crippen molar-refractivity contribution in [2.45, 2.75) is 234 Å². The van der Waals surface area contributed by atoms with E-state index in [1.165, 1.54) is 119 Å². The maximum absolute atomic E-state index is 15.5. The molecule has 5 atom stereocenters. The molecule has 414 valence electrons. The number of rotatable bonds is 34. The minimum absolute atomic E-state index is 0.137. The third kappa shape index (κ3) is 11.4. The molecule has 0 N–H and O–H groups in total. The first-order chi connectivity index (χ1) is 36.9. The van der Waals surface area contributed by atoms with Crippen molar-refractivity contribution in [1.29, 1.82) is 0 Å². The molecule has 0 saturated heterocycles. The molecule has 0 aromatic carbocycles. The quantitative estimate of drug-likeness (QED) is 0.0304. The predicted molar refractivity (Wildman–Crippen MR) is 330 cm³/mol. The SMILES string of the molecule is CCCCC(CC)CN1C(=O)c2c(-c3cc4c(s3)-c3sc(C=O)cc3C4(CC(CC)CCCC)CC(CC)CCCC)sc(-c3cc4c(s3)-c3sc(C=O)cc3C4(CC(CC)CCCC)CC(CC)CCCC)c2C1=O. The molecule has 5 unspecified atom stereocenters. The van der Waals surface area contributed by atoms with E-state index in [0.29, 0.717) is 41.3 Å². The lowest BCUT2D eigenvalue weighted by Gasteiger charge is -2.37. The molecule has 0 spiro atoms. The van der Waals surface area contributed by atoms with Gasteiger partial charge in [-0.3, -0.25) is 24.1 Å². The molecule has 0 radical (unpaired) electrons. The van der Waals surface area contributed by atoms with Crippen LogP contribution in [0.15, 0.2) is 24.3 Å². The van der Waals surface area contributed by atoms with E-state index < -0.39 is 0 Å². The molecule has 5 aromatic rings. The highest BCUT2D eigenvalue weighted by atomic mass is 32.1. The van der Waals surface area contributed by atoms with Crippen molar-refractivity contribution in [3.05, 3.63) is 67.4 Å². The average Bonchev–Trinajstić information content (AvgIpc) is 4.33. The topological polar surface area (TPSA) is 71.5 Å². The summed E-state index contributed by atoms with van der Waals surface area (Å²) in [7, 11) is 0. The molecular weight excluding hydrogens is 1030 g/mol. The molecule has 0 saturated carbocycles. The van der Waals surface area contributed by atoms with Gasteiger partial charge in [0.15, 0.2) is 12.6 Å². The van der Waals surface area contributed by atoms with Crippen molar-refractivity contribution in [1.82, 2.24) is 4.90 Å². The van der Waals surface area contributed by atoms with Gasteiger partial charge in [-0.05, 0) is 108 Å². The third-order valence-corrected chi connectivity index (χ3v) is 24.9. The normalized spacial score (nSPS) is 19.4. The number of carbonyl (C=O) groups excluding carboxylic acids is 4. The Morgan fingerprint density at radius 3 is 1.01 bits per heavy atom. The standard InChI is InChI=1S/C66H91NO4S5/c1-11-21-26-42(16-6)35-65(36-43(17-7)27-22-12-2)49-31-47(40-68)72-57(49)59-51(65)33-53(74-59)61-55-56(64(71)67(63(55)70)39-46(20-10)30-25-15-5)62(76-61)54-34-52-60(75-54)58-50(32-48(41-69)73-58)66(52,37-44(18-8)28-23-13-3)38-45(19-9)29-24-14-4/h31-34,40-46H,11-30,35-39H2,1-10H3. The van der Waals surface area contributed by atoms with Crippen LogP contribution in [0.1, 0.15) is 286 Å². The summed E-state index contributed by atoms with van der Waals surface area (Å²) in [5.41, 5.74) is 6.20. The van der Waals surface area contributed by atoms with Crippen LogP contribution in [0, 0.1) is 29.6 Å². The number of hydrogen-bond acceptors (Lipinski definition) is 9. The molecule has 5 aromatic heterocycles. The number of unbranched alkanes of at least 4 members (excludes halogenated alkanes) is 5. The molecule has 2 amide bonds. The molecule has 1 aliphatic heterocycles. The second kappa shape index (κ2) is 26.5. The lowest BCUT2D eigenvalue weighted by atomic mass is 9.65. The lowest BCUT2D eigenvalue weighted by molar-refractivity contribution is 0.0624. The van der Waals surface area contributed by atoms with Crippen LogP contribution in [-0.4, -0.2) is 35.8 Å². The van der Waals surface area contributed by atoms with E-state index in [9.17, 15) is 9.59 Å². The highest BCUT2D eigenvalue weighted by Crippen LogP contribution is 2.65. The first-order valence-corrected chi connectivity index (χ1v) is 34.5. The van der Waals surface area contributed by atoms with Crippen LogP contribution < -0.4 is 0 Å². The predicted octanol–water partition coefficient (Wildman–Crippen LogP) is 21.7. The van der Waals surface area contributed by atoms with Gasteiger partial charge in [0.05, 0.1) is 30.6 Å². The molecule has 76 heavy (non-hydrogen) atoms. The fourth-order valence-corrected chi connectivity index (χ4v) is 20.5. The number of thiophene rings is 5. The zero-order chi connectivity index (χ0) is 54.3. The largest absolute Gasteiger partial charge is 0.297 e. The highest BCUT2D eigenvalue weighted by molar-refractivity contribution is 7.30. The van der Waals surface area contributed by atoms with E-state index >= 15 is 9.59 Å². The summed E-state index contributed by atoms with van der Waals surface area (Å²) in [6.45, 7) is 23.5. The zero-order valence-electron chi connectivity index (χ0n) is 48.1. The number of imide groups is 1. The Kier molecular flexibility index (Phi) is 20.6. The van der Waals surface area contributed by atoms with Crippen LogP contribution in [0.5, 0.6) is 0 Å².